The second-order valence-electron chi connectivity index (χ2n) is 4.44. The highest BCUT2D eigenvalue weighted by Crippen LogP contribution is 2.14. The average molecular weight is 235 g/mol. The molecule has 2 atom stereocenters. The third-order valence-corrected chi connectivity index (χ3v) is 2.73. The largest absolute Gasteiger partial charge is 0.384 e. The van der Waals surface area contributed by atoms with E-state index in [0.717, 1.165) is 0 Å². The fraction of sp³-hybridized carbons (Fsp3) is 0.500. The maximum absolute atomic E-state index is 12.2. The van der Waals surface area contributed by atoms with Gasteiger partial charge in [0, 0.05) is 24.8 Å². The molecule has 1 aliphatic rings. The second-order valence-corrected chi connectivity index (χ2v) is 4.44. The first-order valence-corrected chi connectivity index (χ1v) is 5.72. The molecule has 1 aliphatic heterocycles. The van der Waals surface area contributed by atoms with Crippen LogP contribution in [0.4, 0.5) is 5.82 Å². The summed E-state index contributed by atoms with van der Waals surface area (Å²) in [7, 11) is 0. The van der Waals surface area contributed by atoms with Crippen molar-refractivity contribution >= 4 is 11.7 Å². The number of ether oxygens (including phenoxy) is 1. The van der Waals surface area contributed by atoms with Crippen LogP contribution in [0.15, 0.2) is 18.3 Å². The Morgan fingerprint density at radius 3 is 2.71 bits per heavy atom. The molecule has 1 saturated heterocycles. The van der Waals surface area contributed by atoms with Crippen LogP contribution in [0.3, 0.4) is 0 Å². The van der Waals surface area contributed by atoms with Crippen LogP contribution in [0, 0.1) is 0 Å². The van der Waals surface area contributed by atoms with Crippen molar-refractivity contribution in [2.45, 2.75) is 26.1 Å². The smallest absolute Gasteiger partial charge is 0.254 e. The average Bonchev–Trinajstić information content (AvgIpc) is 2.26. The quantitative estimate of drug-likeness (QED) is 0.785. The normalized spacial score (nSPS) is 24.7. The SMILES string of the molecule is C[C@@H]1CN(C(=O)c2ccnc(N)c2)C[C@H](C)O1. The van der Waals surface area contributed by atoms with Gasteiger partial charge in [-0.15, -0.1) is 0 Å². The van der Waals surface area contributed by atoms with Crippen LogP contribution in [0.2, 0.25) is 0 Å². The Labute approximate surface area is 101 Å². The molecule has 0 saturated carbocycles. The minimum absolute atomic E-state index is 0.0129. The van der Waals surface area contributed by atoms with Crippen molar-refractivity contribution in [1.29, 1.82) is 0 Å². The summed E-state index contributed by atoms with van der Waals surface area (Å²) in [5, 5.41) is 0. The first-order valence-electron chi connectivity index (χ1n) is 5.72. The van der Waals surface area contributed by atoms with Crippen molar-refractivity contribution in [3.8, 4) is 0 Å². The number of morpholine rings is 1. The van der Waals surface area contributed by atoms with Crippen LogP contribution in [-0.2, 0) is 4.74 Å². The zero-order valence-electron chi connectivity index (χ0n) is 10.1. The molecule has 0 unspecified atom stereocenters. The predicted octanol–water partition coefficient (Wildman–Crippen LogP) is 0.913. The predicted molar refractivity (Wildman–Crippen MR) is 64.6 cm³/mol. The third kappa shape index (κ3) is 2.74. The van der Waals surface area contributed by atoms with E-state index in [9.17, 15) is 4.79 Å². The van der Waals surface area contributed by atoms with Gasteiger partial charge in [0.2, 0.25) is 0 Å². The van der Waals surface area contributed by atoms with Crippen molar-refractivity contribution in [2.75, 3.05) is 18.8 Å². The molecule has 1 amide bonds. The van der Waals surface area contributed by atoms with Crippen molar-refractivity contribution in [3.63, 3.8) is 0 Å². The molecule has 2 heterocycles. The second kappa shape index (κ2) is 4.71. The summed E-state index contributed by atoms with van der Waals surface area (Å²) in [5.74, 6) is 0.353. The number of aromatic nitrogens is 1. The number of nitrogen functional groups attached to an aromatic ring is 1. The van der Waals surface area contributed by atoms with Gasteiger partial charge in [-0.2, -0.15) is 0 Å². The number of pyridine rings is 1. The van der Waals surface area contributed by atoms with E-state index in [1.165, 1.54) is 0 Å². The number of nitrogens with two attached hydrogens (primary N) is 1. The number of rotatable bonds is 1. The monoisotopic (exact) mass is 235 g/mol. The maximum atomic E-state index is 12.2. The van der Waals surface area contributed by atoms with Gasteiger partial charge in [-0.05, 0) is 26.0 Å². The summed E-state index contributed by atoms with van der Waals surface area (Å²) in [6.45, 7) is 5.17. The Balaban J connectivity index is 2.14. The fourth-order valence-corrected chi connectivity index (χ4v) is 2.11. The van der Waals surface area contributed by atoms with Gasteiger partial charge >= 0.3 is 0 Å². The highest BCUT2D eigenvalue weighted by atomic mass is 16.5. The van der Waals surface area contributed by atoms with Crippen LogP contribution >= 0.6 is 0 Å². The summed E-state index contributed by atoms with van der Waals surface area (Å²) >= 11 is 0. The molecule has 0 bridgehead atoms. The van der Waals surface area contributed by atoms with Gasteiger partial charge in [0.15, 0.2) is 0 Å². The van der Waals surface area contributed by atoms with Crippen molar-refractivity contribution in [3.05, 3.63) is 23.9 Å². The molecule has 0 spiro atoms. The number of hydrogen-bond donors (Lipinski definition) is 1. The maximum Gasteiger partial charge on any atom is 0.254 e. The van der Waals surface area contributed by atoms with Gasteiger partial charge < -0.3 is 15.4 Å². The van der Waals surface area contributed by atoms with E-state index in [4.69, 9.17) is 10.5 Å². The fourth-order valence-electron chi connectivity index (χ4n) is 2.11. The molecule has 2 N–H and O–H groups in total. The lowest BCUT2D eigenvalue weighted by atomic mass is 10.1. The molecule has 1 fully saturated rings. The van der Waals surface area contributed by atoms with Gasteiger partial charge in [0.1, 0.15) is 5.82 Å². The van der Waals surface area contributed by atoms with Crippen LogP contribution < -0.4 is 5.73 Å². The molecule has 1 aromatic rings. The topological polar surface area (TPSA) is 68.5 Å². The summed E-state index contributed by atoms with van der Waals surface area (Å²) < 4.78 is 5.60. The minimum Gasteiger partial charge on any atom is -0.384 e. The van der Waals surface area contributed by atoms with Crippen LogP contribution in [-0.4, -0.2) is 41.1 Å². The summed E-state index contributed by atoms with van der Waals surface area (Å²) in [4.78, 5) is 17.9. The van der Waals surface area contributed by atoms with E-state index in [2.05, 4.69) is 4.98 Å². The number of carbonyl (C=O) groups excluding carboxylic acids is 1. The van der Waals surface area contributed by atoms with Crippen molar-refractivity contribution in [1.82, 2.24) is 9.88 Å². The molecule has 5 heteroatoms. The third-order valence-electron chi connectivity index (χ3n) is 2.73. The van der Waals surface area contributed by atoms with E-state index in [0.29, 0.717) is 24.5 Å². The Hall–Kier alpha value is -1.62. The molecule has 0 radical (unpaired) electrons. The molecular weight excluding hydrogens is 218 g/mol. The Morgan fingerprint density at radius 1 is 1.47 bits per heavy atom. The van der Waals surface area contributed by atoms with Crippen LogP contribution in [0.25, 0.3) is 0 Å². The van der Waals surface area contributed by atoms with Crippen molar-refractivity contribution in [2.24, 2.45) is 0 Å². The Kier molecular flexibility index (Phi) is 3.28. The standard InChI is InChI=1S/C12H17N3O2/c1-8-6-15(7-9(2)17-8)12(16)10-3-4-14-11(13)5-10/h3-5,8-9H,6-7H2,1-2H3,(H2,13,14)/t8-,9+. The number of anilines is 1. The number of hydrogen-bond acceptors (Lipinski definition) is 4. The Bertz CT molecular complexity index is 412. The zero-order chi connectivity index (χ0) is 12.4. The molecule has 0 aliphatic carbocycles. The lowest BCUT2D eigenvalue weighted by Crippen LogP contribution is -2.48. The highest BCUT2D eigenvalue weighted by molar-refractivity contribution is 5.94. The molecular formula is C12H17N3O2. The van der Waals surface area contributed by atoms with Gasteiger partial charge in [-0.3, -0.25) is 4.79 Å². The molecule has 1 aromatic heterocycles. The van der Waals surface area contributed by atoms with Gasteiger partial charge in [0.05, 0.1) is 12.2 Å². The lowest BCUT2D eigenvalue weighted by Gasteiger charge is -2.35. The van der Waals surface area contributed by atoms with E-state index in [-0.39, 0.29) is 18.1 Å². The zero-order valence-corrected chi connectivity index (χ0v) is 10.1. The van der Waals surface area contributed by atoms with E-state index < -0.39 is 0 Å². The number of carbonyl (C=O) groups is 1. The van der Waals surface area contributed by atoms with Gasteiger partial charge in [-0.1, -0.05) is 0 Å². The van der Waals surface area contributed by atoms with E-state index in [1.54, 1.807) is 23.2 Å². The van der Waals surface area contributed by atoms with Crippen LogP contribution in [0.5, 0.6) is 0 Å². The summed E-state index contributed by atoms with van der Waals surface area (Å²) in [6, 6.07) is 3.29. The molecule has 0 aromatic carbocycles. The van der Waals surface area contributed by atoms with Crippen molar-refractivity contribution < 1.29 is 9.53 Å². The molecule has 5 nitrogen and oxygen atoms in total. The number of nitrogens with zero attached hydrogens (tertiary/aromatic N) is 2. The van der Waals surface area contributed by atoms with Gasteiger partial charge in [-0.25, -0.2) is 4.98 Å². The molecule has 92 valence electrons. The lowest BCUT2D eigenvalue weighted by molar-refractivity contribution is -0.0586. The van der Waals surface area contributed by atoms with Gasteiger partial charge in [0.25, 0.3) is 5.91 Å². The van der Waals surface area contributed by atoms with E-state index in [1.807, 2.05) is 13.8 Å². The number of amides is 1. The van der Waals surface area contributed by atoms with Crippen LogP contribution in [0.1, 0.15) is 24.2 Å². The summed E-state index contributed by atoms with van der Waals surface area (Å²) in [5.41, 5.74) is 6.16. The first kappa shape index (κ1) is 11.9. The summed E-state index contributed by atoms with van der Waals surface area (Å²) in [6.07, 6.45) is 1.69. The molecule has 17 heavy (non-hydrogen) atoms. The first-order chi connectivity index (χ1) is 8.06. The Morgan fingerprint density at radius 2 is 2.12 bits per heavy atom. The molecule has 2 rings (SSSR count). The van der Waals surface area contributed by atoms with E-state index >= 15 is 0 Å². The highest BCUT2D eigenvalue weighted by Gasteiger charge is 2.26. The minimum atomic E-state index is -0.0129.